The van der Waals surface area contributed by atoms with Crippen molar-refractivity contribution < 1.29 is 8.42 Å². The van der Waals surface area contributed by atoms with Gasteiger partial charge in [0.1, 0.15) is 0 Å². The number of hydrogen-bond donors (Lipinski definition) is 0. The van der Waals surface area contributed by atoms with E-state index < -0.39 is 10.2 Å². The highest BCUT2D eigenvalue weighted by Gasteiger charge is 2.37. The molecule has 1 aliphatic heterocycles. The number of aryl methyl sites for hydroxylation is 2. The summed E-state index contributed by atoms with van der Waals surface area (Å²) in [5.41, 5.74) is 5.52. The summed E-state index contributed by atoms with van der Waals surface area (Å²) < 4.78 is 28.2. The fourth-order valence-electron chi connectivity index (χ4n) is 3.59. The summed E-state index contributed by atoms with van der Waals surface area (Å²) in [6, 6.07) is 12.3. The summed E-state index contributed by atoms with van der Waals surface area (Å²) in [6.45, 7) is 4.64. The lowest BCUT2D eigenvalue weighted by Crippen LogP contribution is -2.39. The second-order valence-electron chi connectivity index (χ2n) is 7.20. The molecule has 0 unspecified atom stereocenters. The lowest BCUT2D eigenvalue weighted by molar-refractivity contribution is 0.357. The Labute approximate surface area is 156 Å². The van der Waals surface area contributed by atoms with Crippen molar-refractivity contribution in [3.8, 4) is 0 Å². The van der Waals surface area contributed by atoms with E-state index in [1.807, 2.05) is 13.0 Å². The molecule has 0 aliphatic carbocycles. The highest BCUT2D eigenvalue weighted by atomic mass is 32.2. The van der Waals surface area contributed by atoms with E-state index in [2.05, 4.69) is 42.2 Å². The normalized spacial score (nSPS) is 18.6. The van der Waals surface area contributed by atoms with Crippen molar-refractivity contribution in [3.05, 3.63) is 64.5 Å². The molecule has 6 heteroatoms. The summed E-state index contributed by atoms with van der Waals surface area (Å²) in [7, 11) is -0.276. The van der Waals surface area contributed by atoms with Crippen molar-refractivity contribution in [3.63, 3.8) is 0 Å². The third kappa shape index (κ3) is 3.82. The smallest absolute Gasteiger partial charge is 0.256 e. The van der Waals surface area contributed by atoms with Gasteiger partial charge in [-0.05, 0) is 61.9 Å². The Morgan fingerprint density at radius 1 is 1.19 bits per heavy atom. The summed E-state index contributed by atoms with van der Waals surface area (Å²) >= 11 is 0. The Balaban J connectivity index is 1.94. The Morgan fingerprint density at radius 3 is 2.62 bits per heavy atom. The maximum absolute atomic E-state index is 12.6. The van der Waals surface area contributed by atoms with Crippen LogP contribution >= 0.6 is 0 Å². The first-order valence-corrected chi connectivity index (χ1v) is 10.4. The summed E-state index contributed by atoms with van der Waals surface area (Å²) in [6.07, 6.45) is 2.50. The van der Waals surface area contributed by atoms with Gasteiger partial charge in [-0.1, -0.05) is 24.3 Å². The van der Waals surface area contributed by atoms with E-state index in [4.69, 9.17) is 0 Å². The zero-order chi connectivity index (χ0) is 18.9. The Kier molecular flexibility index (Phi) is 5.46. The van der Waals surface area contributed by atoms with E-state index in [1.165, 1.54) is 21.0 Å². The maximum Gasteiger partial charge on any atom is 0.282 e. The van der Waals surface area contributed by atoms with E-state index in [1.54, 1.807) is 18.4 Å². The molecule has 1 saturated heterocycles. The molecule has 0 spiro atoms. The van der Waals surface area contributed by atoms with Gasteiger partial charge in [-0.15, -0.1) is 0 Å². The van der Waals surface area contributed by atoms with Gasteiger partial charge in [0.2, 0.25) is 0 Å². The second kappa shape index (κ2) is 7.47. The van der Waals surface area contributed by atoms with Crippen LogP contribution in [0.15, 0.2) is 36.4 Å². The molecule has 3 rings (SSSR count). The van der Waals surface area contributed by atoms with Crippen LogP contribution in [0.25, 0.3) is 0 Å². The lowest BCUT2D eigenvalue weighted by atomic mass is 9.99. The summed E-state index contributed by atoms with van der Waals surface area (Å²) in [5, 5.41) is 0. The number of benzene rings is 1. The van der Waals surface area contributed by atoms with Gasteiger partial charge < -0.3 is 0 Å². The largest absolute Gasteiger partial charge is 0.282 e. The molecular weight excluding hydrogens is 346 g/mol. The molecule has 1 aliphatic rings. The van der Waals surface area contributed by atoms with Crippen LogP contribution in [0.2, 0.25) is 0 Å². The van der Waals surface area contributed by atoms with Gasteiger partial charge >= 0.3 is 0 Å². The maximum atomic E-state index is 12.6. The van der Waals surface area contributed by atoms with E-state index in [9.17, 15) is 8.42 Å². The Bertz CT molecular complexity index is 894. The van der Waals surface area contributed by atoms with Crippen LogP contribution < -0.4 is 0 Å². The van der Waals surface area contributed by atoms with E-state index >= 15 is 0 Å². The third-order valence-electron chi connectivity index (χ3n) is 4.99. The molecular formula is C20H27N3O2S. The minimum atomic E-state index is -3.44. The van der Waals surface area contributed by atoms with E-state index in [-0.39, 0.29) is 6.04 Å². The molecule has 0 saturated carbocycles. The van der Waals surface area contributed by atoms with E-state index in [0.29, 0.717) is 6.54 Å². The van der Waals surface area contributed by atoms with Crippen molar-refractivity contribution in [1.82, 2.24) is 13.6 Å². The highest BCUT2D eigenvalue weighted by molar-refractivity contribution is 7.86. The molecule has 26 heavy (non-hydrogen) atoms. The zero-order valence-electron chi connectivity index (χ0n) is 15.9. The van der Waals surface area contributed by atoms with Crippen molar-refractivity contribution in [1.29, 1.82) is 0 Å². The first-order valence-electron chi connectivity index (χ1n) is 9.00. The molecule has 1 aromatic heterocycles. The number of rotatable bonds is 5. The number of nitrogens with zero attached hydrogens (tertiary/aromatic N) is 3. The predicted molar refractivity (Wildman–Crippen MR) is 104 cm³/mol. The van der Waals surface area contributed by atoms with Gasteiger partial charge in [-0.25, -0.2) is 0 Å². The van der Waals surface area contributed by atoms with Gasteiger partial charge in [0, 0.05) is 26.3 Å². The summed E-state index contributed by atoms with van der Waals surface area (Å²) in [5.74, 6) is 0. The van der Waals surface area contributed by atoms with Crippen LogP contribution in [0.3, 0.4) is 0 Å². The predicted octanol–water partition coefficient (Wildman–Crippen LogP) is 3.23. The van der Waals surface area contributed by atoms with E-state index in [0.717, 1.165) is 30.7 Å². The van der Waals surface area contributed by atoms with Crippen LogP contribution in [-0.2, 0) is 16.6 Å². The van der Waals surface area contributed by atoms with Gasteiger partial charge in [0.25, 0.3) is 10.2 Å². The first kappa shape index (κ1) is 19.0. The van der Waals surface area contributed by atoms with Crippen LogP contribution in [0.5, 0.6) is 0 Å². The molecule has 0 amide bonds. The first-order chi connectivity index (χ1) is 12.3. The van der Waals surface area contributed by atoms with Crippen LogP contribution in [-0.4, -0.2) is 42.7 Å². The van der Waals surface area contributed by atoms with Crippen LogP contribution in [0.4, 0.5) is 0 Å². The van der Waals surface area contributed by atoms with Crippen molar-refractivity contribution in [2.45, 2.75) is 39.2 Å². The van der Waals surface area contributed by atoms with Gasteiger partial charge in [0.15, 0.2) is 0 Å². The lowest BCUT2D eigenvalue weighted by Gasteiger charge is -2.27. The molecule has 2 aromatic rings. The van der Waals surface area contributed by atoms with Gasteiger partial charge in [-0.2, -0.15) is 17.0 Å². The number of aromatic nitrogens is 1. The zero-order valence-corrected chi connectivity index (χ0v) is 16.8. The third-order valence-corrected chi connectivity index (χ3v) is 6.94. The number of hydrogen-bond acceptors (Lipinski definition) is 3. The minimum Gasteiger partial charge on any atom is -0.256 e. The molecule has 140 valence electrons. The molecule has 1 fully saturated rings. The second-order valence-corrected chi connectivity index (χ2v) is 9.30. The Hall–Kier alpha value is -1.76. The molecule has 1 atom stereocenters. The fraction of sp³-hybridized carbons (Fsp3) is 0.450. The average Bonchev–Trinajstić information content (AvgIpc) is 3.07. The molecule has 0 bridgehead atoms. The molecule has 0 N–H and O–H groups in total. The van der Waals surface area contributed by atoms with Crippen LogP contribution in [0.1, 0.15) is 47.0 Å². The van der Waals surface area contributed by atoms with Crippen molar-refractivity contribution in [2.75, 3.05) is 20.6 Å². The van der Waals surface area contributed by atoms with Crippen molar-refractivity contribution in [2.24, 2.45) is 0 Å². The monoisotopic (exact) mass is 373 g/mol. The fourth-order valence-corrected chi connectivity index (χ4v) is 4.91. The topological polar surface area (TPSA) is 53.5 Å². The van der Waals surface area contributed by atoms with Gasteiger partial charge in [0.05, 0.1) is 11.7 Å². The Morgan fingerprint density at radius 2 is 1.92 bits per heavy atom. The average molecular weight is 374 g/mol. The van der Waals surface area contributed by atoms with Crippen LogP contribution in [0, 0.1) is 13.8 Å². The SMILES string of the molecule is Cc1cc(Cc2ccccc2C)cc([C@H]2CCCN2S(=O)(=O)N(C)C)n1. The van der Waals surface area contributed by atoms with Gasteiger partial charge in [-0.3, -0.25) is 4.98 Å². The number of pyridine rings is 1. The summed E-state index contributed by atoms with van der Waals surface area (Å²) in [4.78, 5) is 4.68. The molecule has 2 heterocycles. The molecule has 0 radical (unpaired) electrons. The quantitative estimate of drug-likeness (QED) is 0.808. The molecule has 5 nitrogen and oxygen atoms in total. The minimum absolute atomic E-state index is 0.182. The molecule has 1 aromatic carbocycles. The standard InChI is InChI=1S/C20H27N3O2S/c1-15-8-5-6-9-18(15)13-17-12-16(2)21-19(14-17)20-10-7-11-23(20)26(24,25)22(3)4/h5-6,8-9,12,14,20H,7,10-11,13H2,1-4H3/t20-/m1/s1. The highest BCUT2D eigenvalue weighted by Crippen LogP contribution is 2.34. The van der Waals surface area contributed by atoms with Crippen molar-refractivity contribution >= 4 is 10.2 Å².